The molecule has 0 bridgehead atoms. The zero-order chi connectivity index (χ0) is 16.6. The van der Waals surface area contributed by atoms with Gasteiger partial charge in [-0.1, -0.05) is 24.4 Å². The lowest BCUT2D eigenvalue weighted by atomic mass is 9.84. The largest absolute Gasteiger partial charge is 0.339 e. The Labute approximate surface area is 144 Å². The highest BCUT2D eigenvalue weighted by Gasteiger charge is 2.44. The average Bonchev–Trinajstić information content (AvgIpc) is 3.32. The van der Waals surface area contributed by atoms with Gasteiger partial charge in [0.2, 0.25) is 11.8 Å². The van der Waals surface area contributed by atoms with Gasteiger partial charge in [-0.2, -0.15) is 4.98 Å². The van der Waals surface area contributed by atoms with Gasteiger partial charge in [-0.05, 0) is 57.8 Å². The van der Waals surface area contributed by atoms with E-state index in [0.717, 1.165) is 50.4 Å². The highest BCUT2D eigenvalue weighted by atomic mass is 16.5. The molecule has 1 aromatic heterocycles. The van der Waals surface area contributed by atoms with Crippen LogP contribution in [0.25, 0.3) is 0 Å². The van der Waals surface area contributed by atoms with Gasteiger partial charge in [-0.3, -0.25) is 4.79 Å². The molecule has 1 aliphatic heterocycles. The summed E-state index contributed by atoms with van der Waals surface area (Å²) < 4.78 is 5.49. The van der Waals surface area contributed by atoms with E-state index in [2.05, 4.69) is 22.0 Å². The first-order valence-electron chi connectivity index (χ1n) is 9.81. The number of carbonyl (C=O) groups is 1. The number of rotatable bonds is 4. The molecule has 2 heterocycles. The normalized spacial score (nSPS) is 29.0. The summed E-state index contributed by atoms with van der Waals surface area (Å²) in [5.74, 6) is 2.83. The van der Waals surface area contributed by atoms with E-state index in [4.69, 9.17) is 4.52 Å². The molecule has 1 aromatic rings. The number of carbonyl (C=O) groups excluding carboxylic acids is 1. The Hall–Kier alpha value is -1.39. The SMILES string of the molecule is C[C@@]1(c2noc(C3CC3)n2)CCCCN1C(=O)CC1CCCCC1. The molecule has 24 heavy (non-hydrogen) atoms. The smallest absolute Gasteiger partial charge is 0.229 e. The Bertz CT molecular complexity index is 589. The van der Waals surface area contributed by atoms with Crippen LogP contribution >= 0.6 is 0 Å². The molecule has 0 spiro atoms. The molecule has 4 rings (SSSR count). The van der Waals surface area contributed by atoms with Gasteiger partial charge in [0, 0.05) is 18.9 Å². The first-order chi connectivity index (χ1) is 11.7. The molecule has 5 nitrogen and oxygen atoms in total. The summed E-state index contributed by atoms with van der Waals surface area (Å²) in [6, 6.07) is 0. The summed E-state index contributed by atoms with van der Waals surface area (Å²) >= 11 is 0. The average molecular weight is 331 g/mol. The minimum atomic E-state index is -0.388. The van der Waals surface area contributed by atoms with E-state index in [9.17, 15) is 4.79 Å². The molecule has 2 aliphatic carbocycles. The minimum Gasteiger partial charge on any atom is -0.339 e. The zero-order valence-corrected chi connectivity index (χ0v) is 14.8. The third-order valence-electron chi connectivity index (χ3n) is 6.23. The molecule has 1 amide bonds. The van der Waals surface area contributed by atoms with Crippen molar-refractivity contribution in [2.24, 2.45) is 5.92 Å². The molecule has 2 saturated carbocycles. The topological polar surface area (TPSA) is 59.2 Å². The van der Waals surface area contributed by atoms with Crippen molar-refractivity contribution in [1.82, 2.24) is 15.0 Å². The van der Waals surface area contributed by atoms with Gasteiger partial charge in [0.1, 0.15) is 5.54 Å². The number of nitrogens with zero attached hydrogens (tertiary/aromatic N) is 3. The predicted molar refractivity (Wildman–Crippen MR) is 90.4 cm³/mol. The van der Waals surface area contributed by atoms with Crippen LogP contribution in [0.2, 0.25) is 0 Å². The molecule has 0 aromatic carbocycles. The standard InChI is InChI=1S/C19H29N3O2/c1-19(18-20-17(24-21-18)15-9-10-15)11-5-6-12-22(19)16(23)13-14-7-3-2-4-8-14/h14-15H,2-13H2,1H3/t19-/m0/s1. The maximum absolute atomic E-state index is 13.0. The molecule has 5 heteroatoms. The Morgan fingerprint density at radius 1 is 1.17 bits per heavy atom. The Kier molecular flexibility index (Phi) is 4.35. The third-order valence-corrected chi connectivity index (χ3v) is 6.23. The fourth-order valence-corrected chi connectivity index (χ4v) is 4.45. The van der Waals surface area contributed by atoms with E-state index in [-0.39, 0.29) is 5.54 Å². The maximum atomic E-state index is 13.0. The fourth-order valence-electron chi connectivity index (χ4n) is 4.45. The highest BCUT2D eigenvalue weighted by Crippen LogP contribution is 2.42. The van der Waals surface area contributed by atoms with Crippen LogP contribution in [0.1, 0.15) is 95.2 Å². The van der Waals surface area contributed by atoms with E-state index in [1.54, 1.807) is 0 Å². The Morgan fingerprint density at radius 2 is 1.96 bits per heavy atom. The minimum absolute atomic E-state index is 0.293. The summed E-state index contributed by atoms with van der Waals surface area (Å²) in [4.78, 5) is 19.8. The Morgan fingerprint density at radius 3 is 2.71 bits per heavy atom. The van der Waals surface area contributed by atoms with Gasteiger partial charge >= 0.3 is 0 Å². The van der Waals surface area contributed by atoms with Gasteiger partial charge in [-0.15, -0.1) is 0 Å². The second-order valence-corrected chi connectivity index (χ2v) is 8.21. The van der Waals surface area contributed by atoms with Crippen molar-refractivity contribution in [1.29, 1.82) is 0 Å². The highest BCUT2D eigenvalue weighted by molar-refractivity contribution is 5.77. The number of hydrogen-bond donors (Lipinski definition) is 0. The third kappa shape index (κ3) is 3.09. The van der Waals surface area contributed by atoms with Crippen molar-refractivity contribution < 1.29 is 9.32 Å². The number of aromatic nitrogens is 2. The molecule has 0 N–H and O–H groups in total. The summed E-state index contributed by atoms with van der Waals surface area (Å²) in [5, 5.41) is 4.27. The second-order valence-electron chi connectivity index (χ2n) is 8.21. The lowest BCUT2D eigenvalue weighted by Crippen LogP contribution is -2.51. The first-order valence-corrected chi connectivity index (χ1v) is 9.81. The van der Waals surface area contributed by atoms with Crippen molar-refractivity contribution in [2.75, 3.05) is 6.54 Å². The molecule has 1 atom stereocenters. The summed E-state index contributed by atoms with van der Waals surface area (Å²) in [5.41, 5.74) is -0.388. The van der Waals surface area contributed by atoms with E-state index >= 15 is 0 Å². The zero-order valence-electron chi connectivity index (χ0n) is 14.8. The Balaban J connectivity index is 1.51. The quantitative estimate of drug-likeness (QED) is 0.832. The molecule has 1 saturated heterocycles. The van der Waals surface area contributed by atoms with Crippen molar-refractivity contribution in [2.45, 2.75) is 89.0 Å². The second kappa shape index (κ2) is 6.49. The lowest BCUT2D eigenvalue weighted by molar-refractivity contribution is -0.141. The molecular formula is C19H29N3O2. The van der Waals surface area contributed by atoms with Crippen molar-refractivity contribution in [3.05, 3.63) is 11.7 Å². The van der Waals surface area contributed by atoms with Crippen LogP contribution in [0.4, 0.5) is 0 Å². The molecule has 3 aliphatic rings. The summed E-state index contributed by atoms with van der Waals surface area (Å²) in [7, 11) is 0. The molecule has 0 radical (unpaired) electrons. The van der Waals surface area contributed by atoms with Crippen LogP contribution in [-0.2, 0) is 10.3 Å². The molecular weight excluding hydrogens is 302 g/mol. The summed E-state index contributed by atoms with van der Waals surface area (Å²) in [6.07, 6.45) is 12.5. The summed E-state index contributed by atoms with van der Waals surface area (Å²) in [6.45, 7) is 2.96. The van der Waals surface area contributed by atoms with Crippen LogP contribution in [0.15, 0.2) is 4.52 Å². The molecule has 132 valence electrons. The van der Waals surface area contributed by atoms with E-state index in [1.165, 1.54) is 32.1 Å². The van der Waals surface area contributed by atoms with Gasteiger partial charge in [0.15, 0.2) is 5.82 Å². The van der Waals surface area contributed by atoms with Gasteiger partial charge in [-0.25, -0.2) is 0 Å². The maximum Gasteiger partial charge on any atom is 0.229 e. The molecule has 0 unspecified atom stereocenters. The van der Waals surface area contributed by atoms with Crippen molar-refractivity contribution in [3.63, 3.8) is 0 Å². The molecule has 3 fully saturated rings. The van der Waals surface area contributed by atoms with Gasteiger partial charge in [0.25, 0.3) is 0 Å². The van der Waals surface area contributed by atoms with Crippen LogP contribution < -0.4 is 0 Å². The number of likely N-dealkylation sites (tertiary alicyclic amines) is 1. The van der Waals surface area contributed by atoms with Crippen molar-refractivity contribution >= 4 is 5.91 Å². The number of hydrogen-bond acceptors (Lipinski definition) is 4. The van der Waals surface area contributed by atoms with Crippen LogP contribution in [0.5, 0.6) is 0 Å². The van der Waals surface area contributed by atoms with Crippen LogP contribution in [0.3, 0.4) is 0 Å². The fraction of sp³-hybridized carbons (Fsp3) is 0.842. The lowest BCUT2D eigenvalue weighted by Gasteiger charge is -2.43. The number of amides is 1. The van der Waals surface area contributed by atoms with Crippen LogP contribution in [0, 0.1) is 5.92 Å². The first kappa shape index (κ1) is 16.1. The number of piperidine rings is 1. The predicted octanol–water partition coefficient (Wildman–Crippen LogP) is 4.15. The van der Waals surface area contributed by atoms with E-state index in [1.807, 2.05) is 0 Å². The van der Waals surface area contributed by atoms with E-state index < -0.39 is 0 Å². The van der Waals surface area contributed by atoms with Gasteiger partial charge < -0.3 is 9.42 Å². The van der Waals surface area contributed by atoms with Crippen LogP contribution in [-0.4, -0.2) is 27.5 Å². The monoisotopic (exact) mass is 331 g/mol. The van der Waals surface area contributed by atoms with E-state index in [0.29, 0.717) is 24.2 Å². The van der Waals surface area contributed by atoms with Crippen molar-refractivity contribution in [3.8, 4) is 0 Å². The van der Waals surface area contributed by atoms with Gasteiger partial charge in [0.05, 0.1) is 0 Å².